The van der Waals surface area contributed by atoms with Gasteiger partial charge in [0.1, 0.15) is 5.75 Å². The van der Waals surface area contributed by atoms with Gasteiger partial charge in [-0.05, 0) is 30.3 Å². The maximum Gasteiger partial charge on any atom is 0.298 e. The topological polar surface area (TPSA) is 58.6 Å². The Labute approximate surface area is 141 Å². The number of rotatable bonds is 2. The predicted octanol–water partition coefficient (Wildman–Crippen LogP) is 1.19. The van der Waals surface area contributed by atoms with Gasteiger partial charge in [-0.2, -0.15) is 0 Å². The van der Waals surface area contributed by atoms with Gasteiger partial charge in [-0.1, -0.05) is 5.92 Å². The monoisotopic (exact) mass is 322 g/mol. The van der Waals surface area contributed by atoms with E-state index >= 15 is 0 Å². The second kappa shape index (κ2) is 7.47. The molecular weight excluding hydrogens is 304 g/mol. The standard InChI is InChI=1S/C18H18N4O2/c1-24-16-6-3-15(4-7-16)5-8-17(23)21-11-13-22(14-12-21)18-19-9-2-10-20-18/h2-4,6-7,9-10H,11-14H2,1H3. The van der Waals surface area contributed by atoms with Gasteiger partial charge in [0.05, 0.1) is 7.11 Å². The molecule has 0 unspecified atom stereocenters. The van der Waals surface area contributed by atoms with E-state index in [2.05, 4.69) is 26.7 Å². The average molecular weight is 322 g/mol. The first-order valence-electron chi connectivity index (χ1n) is 7.73. The van der Waals surface area contributed by atoms with Crippen LogP contribution >= 0.6 is 0 Å². The van der Waals surface area contributed by atoms with Crippen LogP contribution in [0.2, 0.25) is 0 Å². The van der Waals surface area contributed by atoms with Crippen molar-refractivity contribution in [2.24, 2.45) is 0 Å². The normalized spacial score (nSPS) is 13.9. The Kier molecular flexibility index (Phi) is 4.92. The van der Waals surface area contributed by atoms with Gasteiger partial charge in [-0.25, -0.2) is 9.97 Å². The van der Waals surface area contributed by atoms with Crippen molar-refractivity contribution in [3.8, 4) is 17.6 Å². The highest BCUT2D eigenvalue weighted by atomic mass is 16.5. The van der Waals surface area contributed by atoms with E-state index in [1.807, 2.05) is 24.3 Å². The molecule has 0 N–H and O–H groups in total. The molecule has 0 atom stereocenters. The number of ether oxygens (including phenoxy) is 1. The summed E-state index contributed by atoms with van der Waals surface area (Å²) >= 11 is 0. The fourth-order valence-electron chi connectivity index (χ4n) is 2.44. The maximum absolute atomic E-state index is 12.2. The molecule has 0 spiro atoms. The average Bonchev–Trinajstić information content (AvgIpc) is 2.67. The van der Waals surface area contributed by atoms with E-state index in [1.54, 1.807) is 30.5 Å². The number of hydrogen-bond acceptors (Lipinski definition) is 5. The molecule has 1 aromatic heterocycles. The molecule has 0 saturated carbocycles. The summed E-state index contributed by atoms with van der Waals surface area (Å²) in [4.78, 5) is 24.5. The van der Waals surface area contributed by atoms with Crippen LogP contribution < -0.4 is 9.64 Å². The van der Waals surface area contributed by atoms with Gasteiger partial charge in [0.2, 0.25) is 5.95 Å². The van der Waals surface area contributed by atoms with Crippen molar-refractivity contribution in [1.29, 1.82) is 0 Å². The summed E-state index contributed by atoms with van der Waals surface area (Å²) in [7, 11) is 1.62. The molecule has 1 aliphatic rings. The Morgan fingerprint density at radius 1 is 1.08 bits per heavy atom. The first kappa shape index (κ1) is 15.8. The second-order valence-corrected chi connectivity index (χ2v) is 5.31. The Bertz CT molecular complexity index is 742. The van der Waals surface area contributed by atoms with Crippen LogP contribution in [0.25, 0.3) is 0 Å². The summed E-state index contributed by atoms with van der Waals surface area (Å²) < 4.78 is 5.10. The van der Waals surface area contributed by atoms with E-state index in [4.69, 9.17) is 4.74 Å². The second-order valence-electron chi connectivity index (χ2n) is 5.31. The Balaban J connectivity index is 1.56. The summed E-state index contributed by atoms with van der Waals surface area (Å²) in [5.41, 5.74) is 0.792. The highest BCUT2D eigenvalue weighted by molar-refractivity contribution is 5.94. The van der Waals surface area contributed by atoms with Crippen molar-refractivity contribution in [1.82, 2.24) is 14.9 Å². The van der Waals surface area contributed by atoms with E-state index in [9.17, 15) is 4.79 Å². The summed E-state index contributed by atoms with van der Waals surface area (Å²) in [5, 5.41) is 0. The highest BCUT2D eigenvalue weighted by Gasteiger charge is 2.21. The van der Waals surface area contributed by atoms with E-state index < -0.39 is 0 Å². The van der Waals surface area contributed by atoms with Crippen LogP contribution in [0.5, 0.6) is 5.75 Å². The predicted molar refractivity (Wildman–Crippen MR) is 90.7 cm³/mol. The number of nitrogens with zero attached hydrogens (tertiary/aromatic N) is 4. The number of anilines is 1. The van der Waals surface area contributed by atoms with Crippen molar-refractivity contribution < 1.29 is 9.53 Å². The highest BCUT2D eigenvalue weighted by Crippen LogP contribution is 2.11. The summed E-state index contributed by atoms with van der Waals surface area (Å²) in [6, 6.07) is 9.12. The van der Waals surface area contributed by atoms with E-state index in [1.165, 1.54) is 0 Å². The molecule has 24 heavy (non-hydrogen) atoms. The zero-order valence-corrected chi connectivity index (χ0v) is 13.5. The first-order chi connectivity index (χ1) is 11.8. The quantitative estimate of drug-likeness (QED) is 0.777. The molecule has 0 radical (unpaired) electrons. The molecule has 1 aromatic carbocycles. The van der Waals surface area contributed by atoms with Gasteiger partial charge in [0.25, 0.3) is 5.91 Å². The lowest BCUT2D eigenvalue weighted by Crippen LogP contribution is -2.49. The van der Waals surface area contributed by atoms with Crippen molar-refractivity contribution in [2.45, 2.75) is 0 Å². The summed E-state index contributed by atoms with van der Waals surface area (Å²) in [5.74, 6) is 6.93. The SMILES string of the molecule is COc1ccc(C#CC(=O)N2CCN(c3ncccn3)CC2)cc1. The van der Waals surface area contributed by atoms with Crippen LogP contribution in [-0.4, -0.2) is 54.1 Å². The lowest BCUT2D eigenvalue weighted by atomic mass is 10.2. The fourth-order valence-corrected chi connectivity index (χ4v) is 2.44. The zero-order chi connectivity index (χ0) is 16.8. The third-order valence-electron chi connectivity index (χ3n) is 3.81. The van der Waals surface area contributed by atoms with Crippen LogP contribution in [0.15, 0.2) is 42.7 Å². The van der Waals surface area contributed by atoms with Gasteiger partial charge < -0.3 is 14.5 Å². The number of carbonyl (C=O) groups excluding carboxylic acids is 1. The molecule has 6 heteroatoms. The lowest BCUT2D eigenvalue weighted by molar-refractivity contribution is -0.125. The van der Waals surface area contributed by atoms with Crippen molar-refractivity contribution in [3.63, 3.8) is 0 Å². The van der Waals surface area contributed by atoms with Crippen LogP contribution in [-0.2, 0) is 4.79 Å². The van der Waals surface area contributed by atoms with Crippen LogP contribution in [0.1, 0.15) is 5.56 Å². The molecule has 0 aliphatic carbocycles. The van der Waals surface area contributed by atoms with Crippen LogP contribution in [0, 0.1) is 11.8 Å². The Morgan fingerprint density at radius 3 is 2.38 bits per heavy atom. The van der Waals surface area contributed by atoms with E-state index in [0.29, 0.717) is 32.1 Å². The maximum atomic E-state index is 12.2. The number of amides is 1. The zero-order valence-electron chi connectivity index (χ0n) is 13.5. The van der Waals surface area contributed by atoms with Crippen LogP contribution in [0.4, 0.5) is 5.95 Å². The number of piperazine rings is 1. The molecular formula is C18H18N4O2. The van der Waals surface area contributed by atoms with E-state index in [-0.39, 0.29) is 5.91 Å². The van der Waals surface area contributed by atoms with Crippen molar-refractivity contribution >= 4 is 11.9 Å². The lowest BCUT2D eigenvalue weighted by Gasteiger charge is -2.33. The molecule has 0 bridgehead atoms. The molecule has 6 nitrogen and oxygen atoms in total. The smallest absolute Gasteiger partial charge is 0.298 e. The number of benzene rings is 1. The molecule has 1 amide bonds. The van der Waals surface area contributed by atoms with Gasteiger partial charge in [-0.15, -0.1) is 0 Å². The van der Waals surface area contributed by atoms with Crippen LogP contribution in [0.3, 0.4) is 0 Å². The van der Waals surface area contributed by atoms with Crippen molar-refractivity contribution in [3.05, 3.63) is 48.3 Å². The minimum atomic E-state index is -0.153. The minimum Gasteiger partial charge on any atom is -0.497 e. The molecule has 1 fully saturated rings. The van der Waals surface area contributed by atoms with Gasteiger partial charge in [0, 0.05) is 50.1 Å². The van der Waals surface area contributed by atoms with Gasteiger partial charge in [0.15, 0.2) is 0 Å². The minimum absolute atomic E-state index is 0.153. The molecule has 1 saturated heterocycles. The van der Waals surface area contributed by atoms with Gasteiger partial charge >= 0.3 is 0 Å². The largest absolute Gasteiger partial charge is 0.497 e. The number of methoxy groups -OCH3 is 1. The fraction of sp³-hybridized carbons (Fsp3) is 0.278. The summed E-state index contributed by atoms with van der Waals surface area (Å²) in [6.45, 7) is 2.66. The Hall–Kier alpha value is -3.07. The molecule has 2 aromatic rings. The van der Waals surface area contributed by atoms with Crippen molar-refractivity contribution in [2.75, 3.05) is 38.2 Å². The summed E-state index contributed by atoms with van der Waals surface area (Å²) in [6.07, 6.45) is 3.44. The molecule has 2 heterocycles. The number of hydrogen-bond donors (Lipinski definition) is 0. The first-order valence-corrected chi connectivity index (χ1v) is 7.73. The third-order valence-corrected chi connectivity index (χ3v) is 3.81. The molecule has 3 rings (SSSR count). The number of carbonyl (C=O) groups is 1. The number of aromatic nitrogens is 2. The molecule has 122 valence electrons. The third kappa shape index (κ3) is 3.82. The van der Waals surface area contributed by atoms with Gasteiger partial charge in [-0.3, -0.25) is 4.79 Å². The van der Waals surface area contributed by atoms with E-state index in [0.717, 1.165) is 11.3 Å². The Morgan fingerprint density at radius 2 is 1.75 bits per heavy atom. The molecule has 1 aliphatic heterocycles.